The molecular weight excluding hydrogens is 242 g/mol. The molecule has 0 spiro atoms. The Morgan fingerprint density at radius 1 is 1.53 bits per heavy atom. The highest BCUT2D eigenvalue weighted by atomic mass is 32.2. The largest absolute Gasteiger partial charge is 0.508 e. The Balaban J connectivity index is 3.19. The summed E-state index contributed by atoms with van der Waals surface area (Å²) in [6.07, 6.45) is 2.26. The number of aliphatic carboxylic acids is 1. The molecule has 1 aromatic rings. The van der Waals surface area contributed by atoms with E-state index >= 15 is 0 Å². The Labute approximate surface area is 103 Å². The number of aryl methyl sites for hydroxylation is 1. The number of carboxylic acid groups (broad SMARTS) is 1. The molecule has 0 aliphatic heterocycles. The van der Waals surface area contributed by atoms with Crippen molar-refractivity contribution in [3.63, 3.8) is 0 Å². The van der Waals surface area contributed by atoms with Crippen LogP contribution in [0.15, 0.2) is 16.9 Å². The lowest BCUT2D eigenvalue weighted by molar-refractivity contribution is -0.141. The highest BCUT2D eigenvalue weighted by Crippen LogP contribution is 2.17. The minimum atomic E-state index is -1.03. The third kappa shape index (κ3) is 3.26. The number of thioether (sulfide) groups is 1. The van der Waals surface area contributed by atoms with Crippen molar-refractivity contribution < 1.29 is 15.0 Å². The van der Waals surface area contributed by atoms with Crippen LogP contribution in [0.25, 0.3) is 0 Å². The molecule has 1 rings (SSSR count). The molecule has 0 aromatic carbocycles. The number of carbonyl (C=O) groups is 1. The van der Waals surface area contributed by atoms with E-state index < -0.39 is 17.6 Å². The Kier molecular flexibility index (Phi) is 4.62. The van der Waals surface area contributed by atoms with Crippen molar-refractivity contribution in [1.82, 2.24) is 4.57 Å². The third-order valence-corrected chi connectivity index (χ3v) is 3.08. The van der Waals surface area contributed by atoms with Gasteiger partial charge < -0.3 is 10.2 Å². The SMILES string of the molecule is CSCCC(C(=O)O)n1c(C)cc(O)cc1=O. The molecule has 17 heavy (non-hydrogen) atoms. The van der Waals surface area contributed by atoms with E-state index in [0.717, 1.165) is 6.07 Å². The maximum absolute atomic E-state index is 11.7. The van der Waals surface area contributed by atoms with Gasteiger partial charge in [-0.15, -0.1) is 0 Å². The summed E-state index contributed by atoms with van der Waals surface area (Å²) in [6, 6.07) is 1.54. The van der Waals surface area contributed by atoms with Gasteiger partial charge in [0.1, 0.15) is 11.8 Å². The van der Waals surface area contributed by atoms with Gasteiger partial charge in [-0.3, -0.25) is 9.36 Å². The zero-order valence-electron chi connectivity index (χ0n) is 9.71. The lowest BCUT2D eigenvalue weighted by atomic mass is 10.2. The van der Waals surface area contributed by atoms with Crippen LogP contribution in [0.4, 0.5) is 0 Å². The molecular formula is C11H15NO4S. The molecule has 1 aromatic heterocycles. The van der Waals surface area contributed by atoms with Crippen LogP contribution >= 0.6 is 11.8 Å². The first-order valence-corrected chi connectivity index (χ1v) is 6.50. The van der Waals surface area contributed by atoms with Gasteiger partial charge in [-0.05, 0) is 31.4 Å². The predicted molar refractivity (Wildman–Crippen MR) is 66.8 cm³/mol. The fraction of sp³-hybridized carbons (Fsp3) is 0.455. The van der Waals surface area contributed by atoms with Crippen LogP contribution in [0.5, 0.6) is 5.75 Å². The second-order valence-electron chi connectivity index (χ2n) is 3.70. The summed E-state index contributed by atoms with van der Waals surface area (Å²) in [7, 11) is 0. The van der Waals surface area contributed by atoms with E-state index in [1.807, 2.05) is 6.26 Å². The lowest BCUT2D eigenvalue weighted by Crippen LogP contribution is -2.31. The number of hydrogen-bond acceptors (Lipinski definition) is 4. The summed E-state index contributed by atoms with van der Waals surface area (Å²) in [5.74, 6) is -0.517. The standard InChI is InChI=1S/C11H15NO4S/c1-7-5-8(13)6-10(14)12(7)9(11(15)16)3-4-17-2/h5-6,9,13H,3-4H2,1-2H3,(H,15,16). The summed E-state index contributed by atoms with van der Waals surface area (Å²) >= 11 is 1.53. The van der Waals surface area contributed by atoms with Gasteiger partial charge in [-0.2, -0.15) is 11.8 Å². The van der Waals surface area contributed by atoms with Crippen LogP contribution in [0.2, 0.25) is 0 Å². The van der Waals surface area contributed by atoms with E-state index in [2.05, 4.69) is 0 Å². The van der Waals surface area contributed by atoms with E-state index in [1.54, 1.807) is 6.92 Å². The van der Waals surface area contributed by atoms with Crippen LogP contribution in [0.3, 0.4) is 0 Å². The fourth-order valence-corrected chi connectivity index (χ4v) is 2.15. The zero-order valence-corrected chi connectivity index (χ0v) is 10.5. The number of pyridine rings is 1. The average Bonchev–Trinajstić information content (AvgIpc) is 2.20. The molecule has 0 fully saturated rings. The van der Waals surface area contributed by atoms with E-state index in [9.17, 15) is 14.7 Å². The monoisotopic (exact) mass is 257 g/mol. The van der Waals surface area contributed by atoms with Crippen molar-refractivity contribution in [2.24, 2.45) is 0 Å². The van der Waals surface area contributed by atoms with Gasteiger partial charge in [-0.1, -0.05) is 0 Å². The van der Waals surface area contributed by atoms with Crippen LogP contribution in [-0.4, -0.2) is 32.8 Å². The molecule has 2 N–H and O–H groups in total. The lowest BCUT2D eigenvalue weighted by Gasteiger charge is -2.17. The number of hydrogen-bond donors (Lipinski definition) is 2. The number of aromatic nitrogens is 1. The number of aromatic hydroxyl groups is 1. The van der Waals surface area contributed by atoms with Gasteiger partial charge in [0.05, 0.1) is 0 Å². The Hall–Kier alpha value is -1.43. The van der Waals surface area contributed by atoms with Crippen molar-refractivity contribution in [3.8, 4) is 5.75 Å². The molecule has 0 bridgehead atoms. The number of rotatable bonds is 5. The van der Waals surface area contributed by atoms with Crippen molar-refractivity contribution in [3.05, 3.63) is 28.2 Å². The predicted octanol–water partition coefficient (Wildman–Crippen LogP) is 1.24. The van der Waals surface area contributed by atoms with Crippen molar-refractivity contribution in [2.75, 3.05) is 12.0 Å². The Morgan fingerprint density at radius 2 is 2.18 bits per heavy atom. The molecule has 94 valence electrons. The average molecular weight is 257 g/mol. The molecule has 0 saturated carbocycles. The molecule has 0 amide bonds. The summed E-state index contributed by atoms with van der Waals surface area (Å²) in [6.45, 7) is 1.61. The first kappa shape index (κ1) is 13.6. The highest BCUT2D eigenvalue weighted by molar-refractivity contribution is 7.98. The van der Waals surface area contributed by atoms with E-state index in [-0.39, 0.29) is 5.75 Å². The quantitative estimate of drug-likeness (QED) is 0.829. The number of carboxylic acids is 1. The van der Waals surface area contributed by atoms with Gasteiger partial charge in [0.25, 0.3) is 5.56 Å². The zero-order chi connectivity index (χ0) is 13.0. The van der Waals surface area contributed by atoms with Crippen molar-refractivity contribution in [2.45, 2.75) is 19.4 Å². The molecule has 5 nitrogen and oxygen atoms in total. The van der Waals surface area contributed by atoms with Crippen molar-refractivity contribution in [1.29, 1.82) is 0 Å². The minimum absolute atomic E-state index is 0.141. The summed E-state index contributed by atoms with van der Waals surface area (Å²) in [4.78, 5) is 22.9. The van der Waals surface area contributed by atoms with Crippen LogP contribution in [0, 0.1) is 6.92 Å². The Morgan fingerprint density at radius 3 is 2.65 bits per heavy atom. The fourth-order valence-electron chi connectivity index (χ4n) is 1.69. The minimum Gasteiger partial charge on any atom is -0.508 e. The molecule has 0 aliphatic rings. The van der Waals surface area contributed by atoms with Crippen molar-refractivity contribution >= 4 is 17.7 Å². The first-order valence-electron chi connectivity index (χ1n) is 5.11. The maximum atomic E-state index is 11.7. The van der Waals surface area contributed by atoms with E-state index in [1.165, 1.54) is 22.4 Å². The van der Waals surface area contributed by atoms with Gasteiger partial charge in [0.2, 0.25) is 0 Å². The molecule has 1 heterocycles. The van der Waals surface area contributed by atoms with Gasteiger partial charge in [-0.25, -0.2) is 4.79 Å². The first-order chi connectivity index (χ1) is 7.97. The van der Waals surface area contributed by atoms with Gasteiger partial charge in [0, 0.05) is 11.8 Å². The second kappa shape index (κ2) is 5.77. The maximum Gasteiger partial charge on any atom is 0.326 e. The summed E-state index contributed by atoms with van der Waals surface area (Å²) < 4.78 is 1.21. The van der Waals surface area contributed by atoms with Crippen LogP contribution in [-0.2, 0) is 4.79 Å². The molecule has 0 radical (unpaired) electrons. The van der Waals surface area contributed by atoms with Gasteiger partial charge in [0.15, 0.2) is 0 Å². The van der Waals surface area contributed by atoms with Gasteiger partial charge >= 0.3 is 5.97 Å². The molecule has 1 unspecified atom stereocenters. The molecule has 0 aliphatic carbocycles. The third-order valence-electron chi connectivity index (χ3n) is 2.44. The summed E-state index contributed by atoms with van der Waals surface area (Å²) in [5.41, 5.74) is -0.0421. The van der Waals surface area contributed by atoms with Crippen LogP contribution in [0.1, 0.15) is 18.2 Å². The molecule has 0 saturated heterocycles. The number of nitrogens with zero attached hydrogens (tertiary/aromatic N) is 1. The second-order valence-corrected chi connectivity index (χ2v) is 4.68. The Bertz CT molecular complexity index is 469. The van der Waals surface area contributed by atoms with E-state index in [4.69, 9.17) is 5.11 Å². The molecule has 6 heteroatoms. The topological polar surface area (TPSA) is 79.5 Å². The smallest absolute Gasteiger partial charge is 0.326 e. The van der Waals surface area contributed by atoms with Crippen LogP contribution < -0.4 is 5.56 Å². The molecule has 1 atom stereocenters. The highest BCUT2D eigenvalue weighted by Gasteiger charge is 2.21. The van der Waals surface area contributed by atoms with E-state index in [0.29, 0.717) is 17.9 Å². The summed E-state index contributed by atoms with van der Waals surface area (Å²) in [5, 5.41) is 18.4. The normalized spacial score (nSPS) is 12.4.